The minimum atomic E-state index is -1.12. The van der Waals surface area contributed by atoms with Gasteiger partial charge in [0.1, 0.15) is 6.10 Å². The summed E-state index contributed by atoms with van der Waals surface area (Å²) in [7, 11) is 0. The van der Waals surface area contributed by atoms with Crippen LogP contribution in [0.15, 0.2) is 30.3 Å². The molecule has 132 valence electrons. The summed E-state index contributed by atoms with van der Waals surface area (Å²) in [6, 6.07) is 8.74. The first-order chi connectivity index (χ1) is 11.2. The van der Waals surface area contributed by atoms with Crippen LogP contribution in [0.1, 0.15) is 32.4 Å². The zero-order valence-electron chi connectivity index (χ0n) is 14.1. The fourth-order valence-electron chi connectivity index (χ4n) is 2.75. The van der Waals surface area contributed by atoms with Gasteiger partial charge < -0.3 is 25.2 Å². The molecule has 2 amide bonds. The lowest BCUT2D eigenvalue weighted by Gasteiger charge is -2.31. The summed E-state index contributed by atoms with van der Waals surface area (Å²) in [4.78, 5) is 24.2. The molecule has 1 aliphatic heterocycles. The van der Waals surface area contributed by atoms with Crippen LogP contribution in [-0.4, -0.2) is 52.5 Å². The van der Waals surface area contributed by atoms with Crippen molar-refractivity contribution in [3.63, 3.8) is 0 Å². The quantitative estimate of drug-likeness (QED) is 0.786. The summed E-state index contributed by atoms with van der Waals surface area (Å²) in [5.74, 6) is 0. The highest BCUT2D eigenvalue weighted by molar-refractivity contribution is 5.69. The van der Waals surface area contributed by atoms with Crippen LogP contribution < -0.4 is 5.32 Å². The number of carboxylic acid groups (broad SMARTS) is 1. The molecule has 1 aromatic carbocycles. The number of amides is 2. The molecule has 1 heterocycles. The SMILES string of the molecule is CC(C)(C)C(OC(=O)N[C@@H]1CN(C(=O)O)C[C@@H]1O)c1ccccc1. The molecule has 1 fully saturated rings. The van der Waals surface area contributed by atoms with Gasteiger partial charge in [0.15, 0.2) is 0 Å². The average Bonchev–Trinajstić information content (AvgIpc) is 2.86. The van der Waals surface area contributed by atoms with Crippen LogP contribution in [0.2, 0.25) is 0 Å². The minimum absolute atomic E-state index is 0.0261. The average molecular weight is 336 g/mol. The van der Waals surface area contributed by atoms with Crippen molar-refractivity contribution >= 4 is 12.2 Å². The predicted octanol–water partition coefficient (Wildman–Crippen LogP) is 2.22. The molecule has 1 aromatic rings. The standard InChI is InChI=1S/C17H24N2O5/c1-17(2,3)14(11-7-5-4-6-8-11)24-15(21)18-12-9-19(16(22)23)10-13(12)20/h4-8,12-14,20H,9-10H2,1-3H3,(H,18,21)(H,22,23)/t12-,13+,14?/m1/s1. The van der Waals surface area contributed by atoms with E-state index in [9.17, 15) is 14.7 Å². The van der Waals surface area contributed by atoms with Crippen molar-refractivity contribution in [3.8, 4) is 0 Å². The highest BCUT2D eigenvalue weighted by atomic mass is 16.6. The van der Waals surface area contributed by atoms with Gasteiger partial charge in [-0.2, -0.15) is 0 Å². The summed E-state index contributed by atoms with van der Waals surface area (Å²) in [5, 5.41) is 21.4. The Morgan fingerprint density at radius 3 is 2.38 bits per heavy atom. The smallest absolute Gasteiger partial charge is 0.408 e. The van der Waals surface area contributed by atoms with Crippen LogP contribution in [0.3, 0.4) is 0 Å². The fourth-order valence-corrected chi connectivity index (χ4v) is 2.75. The van der Waals surface area contributed by atoms with E-state index in [4.69, 9.17) is 9.84 Å². The number of hydrogen-bond acceptors (Lipinski definition) is 4. The van der Waals surface area contributed by atoms with E-state index in [1.54, 1.807) is 0 Å². The van der Waals surface area contributed by atoms with E-state index in [0.29, 0.717) is 0 Å². The molecule has 3 atom stereocenters. The molecule has 0 bridgehead atoms. The Morgan fingerprint density at radius 1 is 1.25 bits per heavy atom. The van der Waals surface area contributed by atoms with E-state index in [-0.39, 0.29) is 18.5 Å². The fraction of sp³-hybridized carbons (Fsp3) is 0.529. The molecule has 7 heteroatoms. The van der Waals surface area contributed by atoms with Crippen LogP contribution in [0.25, 0.3) is 0 Å². The minimum Gasteiger partial charge on any atom is -0.465 e. The first-order valence-electron chi connectivity index (χ1n) is 7.86. The highest BCUT2D eigenvalue weighted by Crippen LogP contribution is 2.36. The molecule has 0 spiro atoms. The summed E-state index contributed by atoms with van der Waals surface area (Å²) in [5.41, 5.74) is 0.555. The number of rotatable bonds is 3. The van der Waals surface area contributed by atoms with Crippen LogP contribution in [-0.2, 0) is 4.74 Å². The van der Waals surface area contributed by atoms with Gasteiger partial charge in [-0.05, 0) is 5.56 Å². The molecule has 2 rings (SSSR count). The van der Waals surface area contributed by atoms with Gasteiger partial charge in [0.05, 0.1) is 18.7 Å². The van der Waals surface area contributed by atoms with Crippen LogP contribution in [0.5, 0.6) is 0 Å². The van der Waals surface area contributed by atoms with Crippen LogP contribution in [0, 0.1) is 5.41 Å². The van der Waals surface area contributed by atoms with E-state index < -0.39 is 30.4 Å². The molecular weight excluding hydrogens is 312 g/mol. The molecule has 3 N–H and O–H groups in total. The predicted molar refractivity (Wildman–Crippen MR) is 87.6 cm³/mol. The Kier molecular flexibility index (Phi) is 5.33. The molecule has 0 radical (unpaired) electrons. The van der Waals surface area contributed by atoms with Crippen molar-refractivity contribution in [2.75, 3.05) is 13.1 Å². The number of aliphatic hydroxyl groups is 1. The van der Waals surface area contributed by atoms with E-state index in [0.717, 1.165) is 10.5 Å². The van der Waals surface area contributed by atoms with Gasteiger partial charge in [-0.3, -0.25) is 0 Å². The van der Waals surface area contributed by atoms with Gasteiger partial charge in [-0.25, -0.2) is 9.59 Å². The zero-order valence-corrected chi connectivity index (χ0v) is 14.1. The first-order valence-corrected chi connectivity index (χ1v) is 7.86. The van der Waals surface area contributed by atoms with Crippen molar-refractivity contribution in [1.82, 2.24) is 10.2 Å². The van der Waals surface area contributed by atoms with Crippen molar-refractivity contribution < 1.29 is 24.5 Å². The van der Waals surface area contributed by atoms with Gasteiger partial charge in [-0.1, -0.05) is 51.1 Å². The van der Waals surface area contributed by atoms with Crippen molar-refractivity contribution in [1.29, 1.82) is 0 Å². The van der Waals surface area contributed by atoms with Crippen molar-refractivity contribution in [2.24, 2.45) is 5.41 Å². The number of aliphatic hydroxyl groups excluding tert-OH is 1. The van der Waals surface area contributed by atoms with E-state index in [1.807, 2.05) is 51.1 Å². The Morgan fingerprint density at radius 2 is 1.88 bits per heavy atom. The maximum atomic E-state index is 12.2. The second-order valence-electron chi connectivity index (χ2n) is 7.07. The number of benzene rings is 1. The third-order valence-corrected chi connectivity index (χ3v) is 3.98. The van der Waals surface area contributed by atoms with Gasteiger partial charge >= 0.3 is 12.2 Å². The van der Waals surface area contributed by atoms with E-state index in [2.05, 4.69) is 5.32 Å². The number of nitrogens with one attached hydrogen (secondary N) is 1. The van der Waals surface area contributed by atoms with E-state index in [1.165, 1.54) is 0 Å². The van der Waals surface area contributed by atoms with Crippen molar-refractivity contribution in [2.45, 2.75) is 39.0 Å². The maximum Gasteiger partial charge on any atom is 0.408 e. The number of hydrogen-bond donors (Lipinski definition) is 3. The Labute approximate surface area is 141 Å². The molecule has 0 aromatic heterocycles. The lowest BCUT2D eigenvalue weighted by atomic mass is 9.84. The summed E-state index contributed by atoms with van der Waals surface area (Å²) >= 11 is 0. The number of likely N-dealkylation sites (tertiary alicyclic amines) is 1. The normalized spacial score (nSPS) is 22.1. The summed E-state index contributed by atoms with van der Waals surface area (Å²) in [6.45, 7) is 5.91. The monoisotopic (exact) mass is 336 g/mol. The Hall–Kier alpha value is -2.28. The number of β-amino-alcohol motifs (C(OH)–C–C–N with tert-alkyl or cyclic N) is 1. The molecule has 24 heavy (non-hydrogen) atoms. The maximum absolute atomic E-state index is 12.2. The Bertz CT molecular complexity index is 584. The Balaban J connectivity index is 2.03. The molecule has 7 nitrogen and oxygen atoms in total. The number of alkyl carbamates (subject to hydrolysis) is 1. The van der Waals surface area contributed by atoms with Gasteiger partial charge in [-0.15, -0.1) is 0 Å². The van der Waals surface area contributed by atoms with E-state index >= 15 is 0 Å². The molecule has 1 aliphatic rings. The van der Waals surface area contributed by atoms with Gasteiger partial charge in [0.25, 0.3) is 0 Å². The third kappa shape index (κ3) is 4.38. The second kappa shape index (κ2) is 7.09. The summed E-state index contributed by atoms with van der Waals surface area (Å²) < 4.78 is 5.58. The number of nitrogens with zero attached hydrogens (tertiary/aromatic N) is 1. The van der Waals surface area contributed by atoms with Gasteiger partial charge in [0, 0.05) is 12.0 Å². The number of carbonyl (C=O) groups is 2. The largest absolute Gasteiger partial charge is 0.465 e. The lowest BCUT2D eigenvalue weighted by Crippen LogP contribution is -2.44. The lowest BCUT2D eigenvalue weighted by molar-refractivity contribution is 0.0259. The van der Waals surface area contributed by atoms with Crippen LogP contribution in [0.4, 0.5) is 9.59 Å². The zero-order chi connectivity index (χ0) is 17.9. The first kappa shape index (κ1) is 18.1. The third-order valence-electron chi connectivity index (χ3n) is 3.98. The molecular formula is C17H24N2O5. The number of carbonyl (C=O) groups excluding carboxylic acids is 1. The molecule has 1 unspecified atom stereocenters. The van der Waals surface area contributed by atoms with Gasteiger partial charge in [0.2, 0.25) is 0 Å². The topological polar surface area (TPSA) is 99.1 Å². The van der Waals surface area contributed by atoms with Crippen LogP contribution >= 0.6 is 0 Å². The summed E-state index contributed by atoms with van der Waals surface area (Å²) in [6.07, 6.45) is -3.20. The van der Waals surface area contributed by atoms with Crippen molar-refractivity contribution in [3.05, 3.63) is 35.9 Å². The molecule has 0 aliphatic carbocycles. The second-order valence-corrected chi connectivity index (χ2v) is 7.07. The molecule has 1 saturated heterocycles. The highest BCUT2D eigenvalue weighted by Gasteiger charge is 2.36. The number of ether oxygens (including phenoxy) is 1. The molecule has 0 saturated carbocycles.